The summed E-state index contributed by atoms with van der Waals surface area (Å²) in [5.41, 5.74) is 52.8. The number of benzene rings is 19. The lowest BCUT2D eigenvalue weighted by Gasteiger charge is -2.31. The molecule has 0 unspecified atom stereocenters. The van der Waals surface area contributed by atoms with Crippen molar-refractivity contribution in [2.75, 3.05) is 9.80 Å². The fourth-order valence-electron chi connectivity index (χ4n) is 24.9. The van der Waals surface area contributed by atoms with Gasteiger partial charge in [-0.25, -0.2) is 0 Å². The number of aryl methyl sites for hydroxylation is 6. The van der Waals surface area contributed by atoms with E-state index in [1.165, 1.54) is 139 Å². The van der Waals surface area contributed by atoms with Crippen molar-refractivity contribution in [3.8, 4) is 111 Å². The second kappa shape index (κ2) is 29.3. The highest BCUT2D eigenvalue weighted by atomic mass is 16.3. The van der Waals surface area contributed by atoms with Gasteiger partial charge in [-0.2, -0.15) is 0 Å². The summed E-state index contributed by atoms with van der Waals surface area (Å²) in [4.78, 5) is 5.07. The molecule has 0 N–H and O–H groups in total. The predicted octanol–water partition coefficient (Wildman–Crippen LogP) is 37.3. The molecular formula is C132H100N2O4. The quantitative estimate of drug-likeness (QED) is 0.121. The van der Waals surface area contributed by atoms with Crippen LogP contribution in [0.3, 0.4) is 0 Å². The third-order valence-corrected chi connectivity index (χ3v) is 32.0. The average molecular weight is 1780 g/mol. The van der Waals surface area contributed by atoms with E-state index in [1.807, 2.05) is 0 Å². The van der Waals surface area contributed by atoms with Crippen LogP contribution in [0.2, 0.25) is 0 Å². The maximum atomic E-state index is 7.56. The minimum absolute atomic E-state index is 0.361. The standard InChI is InChI=1S/C132H100N2O4/c1-73-46-59-111(78(6)60-73)133(84-50-55-89-103(65-84)129(7,8)107-69-99(79-30-17-15-18-31-79)125-121(117(89)107)93-37-22-26-41-113(93)135-125)85-51-56-90-104(66-85)130(9,10)108-70-100(80-32-19-16-20-33-80)126-124(118(90)108)96-54-49-82(64-116(96)138-126)81-34-29-35-83(63-81)88-36-21-25-40-112(88)134(86-52-57-91-105(67-86)131(11,12)109-71-101(97-61-74(2)44-47-76(97)4)127-122(119(91)109)94-38-23-27-42-114(94)136-127)87-53-58-92-106(68-87)132(13,14)110-72-102(98-62-75(3)45-48-77(98)5)128-123(120(92)110)95-39-24-28-43-115(95)137-128/h15-72H,1-14H3. The highest BCUT2D eigenvalue weighted by Crippen LogP contribution is 2.64. The van der Waals surface area contributed by atoms with Gasteiger partial charge in [0.1, 0.15) is 44.7 Å². The van der Waals surface area contributed by atoms with E-state index in [1.54, 1.807) is 0 Å². The maximum Gasteiger partial charge on any atom is 0.143 e. The first-order chi connectivity index (χ1) is 66.9. The summed E-state index contributed by atoms with van der Waals surface area (Å²) in [6.45, 7) is 32.7. The lowest BCUT2D eigenvalue weighted by Crippen LogP contribution is -2.18. The summed E-state index contributed by atoms with van der Waals surface area (Å²) >= 11 is 0. The van der Waals surface area contributed by atoms with Crippen LogP contribution in [0.25, 0.3) is 199 Å². The Hall–Kier alpha value is -16.0. The second-order valence-corrected chi connectivity index (χ2v) is 41.7. The van der Waals surface area contributed by atoms with Crippen molar-refractivity contribution in [3.05, 3.63) is 430 Å². The predicted molar refractivity (Wildman–Crippen MR) is 576 cm³/mol. The first kappa shape index (κ1) is 81.5. The van der Waals surface area contributed by atoms with E-state index in [-0.39, 0.29) is 5.41 Å². The van der Waals surface area contributed by atoms with Crippen LogP contribution in [0.4, 0.5) is 34.1 Å². The lowest BCUT2D eigenvalue weighted by molar-refractivity contribution is 0.656. The van der Waals surface area contributed by atoms with Gasteiger partial charge in [0, 0.05) is 121 Å². The van der Waals surface area contributed by atoms with Crippen LogP contribution in [0.5, 0.6) is 0 Å². The zero-order valence-corrected chi connectivity index (χ0v) is 80.0. The molecule has 0 amide bonds. The van der Waals surface area contributed by atoms with Crippen LogP contribution in [-0.4, -0.2) is 0 Å². The molecule has 19 aromatic carbocycles. The van der Waals surface area contributed by atoms with Crippen molar-refractivity contribution in [2.45, 2.75) is 119 Å². The second-order valence-electron chi connectivity index (χ2n) is 41.7. The fourth-order valence-corrected chi connectivity index (χ4v) is 24.9. The number of rotatable bonds is 12. The van der Waals surface area contributed by atoms with E-state index >= 15 is 0 Å². The molecule has 0 fully saturated rings. The number of furan rings is 4. The molecular weight excluding hydrogens is 1680 g/mol. The number of para-hydroxylation sites is 4. The van der Waals surface area contributed by atoms with E-state index in [2.05, 4.69) is 459 Å². The Kier molecular flexibility index (Phi) is 17.3. The summed E-state index contributed by atoms with van der Waals surface area (Å²) in [6, 6.07) is 132. The molecule has 4 heterocycles. The largest absolute Gasteiger partial charge is 0.455 e. The summed E-state index contributed by atoms with van der Waals surface area (Å²) in [5.74, 6) is 0. The van der Waals surface area contributed by atoms with Gasteiger partial charge in [-0.1, -0.05) is 303 Å². The topological polar surface area (TPSA) is 59.0 Å². The molecule has 23 aromatic rings. The van der Waals surface area contributed by atoms with E-state index in [0.717, 1.165) is 172 Å². The molecule has 0 spiro atoms. The van der Waals surface area contributed by atoms with Crippen LogP contribution in [0.15, 0.2) is 370 Å². The maximum absolute atomic E-state index is 7.56. The molecule has 662 valence electrons. The van der Waals surface area contributed by atoms with Gasteiger partial charge in [-0.05, 0) is 308 Å². The summed E-state index contributed by atoms with van der Waals surface area (Å²) in [7, 11) is 0. The first-order valence-electron chi connectivity index (χ1n) is 48.6. The van der Waals surface area contributed by atoms with Crippen molar-refractivity contribution in [1.29, 1.82) is 0 Å². The van der Waals surface area contributed by atoms with Crippen LogP contribution >= 0.6 is 0 Å². The summed E-state index contributed by atoms with van der Waals surface area (Å²) < 4.78 is 28.7. The van der Waals surface area contributed by atoms with Crippen molar-refractivity contribution < 1.29 is 17.7 Å². The Bertz CT molecular complexity index is 9050. The van der Waals surface area contributed by atoms with E-state index in [4.69, 9.17) is 17.7 Å². The van der Waals surface area contributed by atoms with E-state index < -0.39 is 16.2 Å². The summed E-state index contributed by atoms with van der Waals surface area (Å²) in [6.07, 6.45) is 0. The lowest BCUT2D eigenvalue weighted by atomic mass is 9.80. The van der Waals surface area contributed by atoms with Gasteiger partial charge in [0.05, 0.1) is 5.69 Å². The van der Waals surface area contributed by atoms with Crippen LogP contribution < -0.4 is 9.80 Å². The van der Waals surface area contributed by atoms with Crippen LogP contribution in [0.1, 0.15) is 133 Å². The molecule has 4 aliphatic rings. The third kappa shape index (κ3) is 11.6. The summed E-state index contributed by atoms with van der Waals surface area (Å²) in [5, 5.41) is 9.09. The van der Waals surface area contributed by atoms with Gasteiger partial charge < -0.3 is 27.5 Å². The number of hydrogen-bond donors (Lipinski definition) is 0. The highest BCUT2D eigenvalue weighted by molar-refractivity contribution is 6.24. The Morgan fingerprint density at radius 3 is 0.949 bits per heavy atom. The first-order valence-corrected chi connectivity index (χ1v) is 48.6. The molecule has 6 heteroatoms. The number of anilines is 6. The van der Waals surface area contributed by atoms with Gasteiger partial charge >= 0.3 is 0 Å². The average Bonchev–Trinajstić information content (AvgIpc) is 1.55. The van der Waals surface area contributed by atoms with E-state index in [0.29, 0.717) is 0 Å². The van der Waals surface area contributed by atoms with Crippen LogP contribution in [-0.2, 0) is 21.7 Å². The van der Waals surface area contributed by atoms with Crippen molar-refractivity contribution in [1.82, 2.24) is 0 Å². The van der Waals surface area contributed by atoms with Gasteiger partial charge in [0.25, 0.3) is 0 Å². The van der Waals surface area contributed by atoms with Crippen LogP contribution in [0, 0.1) is 41.5 Å². The van der Waals surface area contributed by atoms with Crippen molar-refractivity contribution in [3.63, 3.8) is 0 Å². The van der Waals surface area contributed by atoms with Gasteiger partial charge in [0.2, 0.25) is 0 Å². The SMILES string of the molecule is Cc1ccc(N(c2ccc3c(c2)C(C)(C)c2cc(-c4ccccc4)c4oc5ccccc5c4c2-3)c2ccc3c(c2)C(C)(C)c2cc(-c4ccccc4)c4oc5cc(-c6cccc(-c7ccccc7N(c7ccc8c(c7)C(C)(C)c7cc(-c9cc(C)ccc9C)c9oc%10ccccc%10c9c7-8)c7ccc8c(c7)C(C)(C)c7cc(-c9cc(C)ccc9C)c9oc%10ccccc%10c9c7-8)c6)ccc5c4c2-3)c(C)c1. The molecule has 27 rings (SSSR count). The molecule has 0 aliphatic heterocycles. The number of hydrogen-bond acceptors (Lipinski definition) is 6. The molecule has 0 bridgehead atoms. The highest BCUT2D eigenvalue weighted by Gasteiger charge is 2.46. The third-order valence-electron chi connectivity index (χ3n) is 32.0. The Balaban J connectivity index is 0.600. The van der Waals surface area contributed by atoms with Gasteiger partial charge in [-0.3, -0.25) is 0 Å². The van der Waals surface area contributed by atoms with E-state index in [9.17, 15) is 0 Å². The molecule has 0 saturated heterocycles. The molecule has 0 radical (unpaired) electrons. The monoisotopic (exact) mass is 1780 g/mol. The Labute approximate surface area is 803 Å². The minimum atomic E-state index is -0.438. The molecule has 138 heavy (non-hydrogen) atoms. The Morgan fingerprint density at radius 2 is 0.522 bits per heavy atom. The molecule has 4 aliphatic carbocycles. The van der Waals surface area contributed by atoms with Gasteiger partial charge in [-0.15, -0.1) is 0 Å². The van der Waals surface area contributed by atoms with Crippen molar-refractivity contribution >= 4 is 122 Å². The number of nitrogens with zero attached hydrogens (tertiary/aromatic N) is 2. The number of fused-ring (bicyclic) bond motifs is 28. The zero-order valence-electron chi connectivity index (χ0n) is 80.0. The fraction of sp³-hybridized carbons (Fsp3) is 0.136. The molecule has 6 nitrogen and oxygen atoms in total. The normalized spacial score (nSPS) is 14.2. The van der Waals surface area contributed by atoms with Gasteiger partial charge in [0.15, 0.2) is 0 Å². The molecule has 0 atom stereocenters. The Morgan fingerprint density at radius 1 is 0.188 bits per heavy atom. The zero-order chi connectivity index (χ0) is 93.3. The molecule has 4 aromatic heterocycles. The van der Waals surface area contributed by atoms with Crippen molar-refractivity contribution in [2.24, 2.45) is 0 Å². The molecule has 0 saturated carbocycles. The minimum Gasteiger partial charge on any atom is -0.455 e. The smallest absolute Gasteiger partial charge is 0.143 e.